The minimum absolute atomic E-state index is 0.448. The Hall–Kier alpha value is -1.99. The Kier molecular flexibility index (Phi) is 5.45. The van der Waals surface area contributed by atoms with Crippen molar-refractivity contribution in [2.45, 2.75) is 12.7 Å². The van der Waals surface area contributed by atoms with Crippen LogP contribution >= 0.6 is 11.8 Å². The molecule has 0 fully saturated rings. The average Bonchev–Trinajstić information content (AvgIpc) is 2.49. The molecule has 1 heterocycles. The number of rotatable bonds is 6. The zero-order chi connectivity index (χ0) is 14.2. The van der Waals surface area contributed by atoms with E-state index in [9.17, 15) is 0 Å². The number of nitriles is 1. The molecular weight excluding hydrogens is 266 g/mol. The van der Waals surface area contributed by atoms with Gasteiger partial charge in [0.05, 0.1) is 11.9 Å². The van der Waals surface area contributed by atoms with Gasteiger partial charge in [-0.1, -0.05) is 29.8 Å². The van der Waals surface area contributed by atoms with Crippen LogP contribution in [0.3, 0.4) is 0 Å². The van der Waals surface area contributed by atoms with E-state index in [1.54, 1.807) is 12.3 Å². The van der Waals surface area contributed by atoms with Gasteiger partial charge >= 0.3 is 0 Å². The smallest absolute Gasteiger partial charge is 0.140 e. The lowest BCUT2D eigenvalue weighted by Gasteiger charge is -2.06. The maximum absolute atomic E-state index is 8.66. The molecule has 0 aliphatic carbocycles. The Morgan fingerprint density at radius 3 is 2.65 bits per heavy atom. The topological polar surface area (TPSA) is 48.7 Å². The number of nitrogens with one attached hydrogen (secondary N) is 1. The van der Waals surface area contributed by atoms with Crippen LogP contribution in [0.5, 0.6) is 0 Å². The lowest BCUT2D eigenvalue weighted by Crippen LogP contribution is -2.04. The highest BCUT2D eigenvalue weighted by molar-refractivity contribution is 7.98. The Balaban J connectivity index is 1.66. The van der Waals surface area contributed by atoms with Gasteiger partial charge in [-0.2, -0.15) is 17.0 Å². The monoisotopic (exact) mass is 283 g/mol. The first kappa shape index (κ1) is 14.4. The Morgan fingerprint density at radius 2 is 2.00 bits per heavy atom. The van der Waals surface area contributed by atoms with Crippen molar-refractivity contribution in [3.05, 3.63) is 59.4 Å². The molecule has 0 amide bonds. The summed E-state index contributed by atoms with van der Waals surface area (Å²) in [6, 6.07) is 14.3. The normalized spacial score (nSPS) is 10.0. The van der Waals surface area contributed by atoms with Gasteiger partial charge in [-0.3, -0.25) is 0 Å². The third-order valence-electron chi connectivity index (χ3n) is 2.84. The maximum Gasteiger partial charge on any atom is 0.140 e. The molecule has 3 nitrogen and oxygen atoms in total. The third-order valence-corrected chi connectivity index (χ3v) is 3.87. The summed E-state index contributed by atoms with van der Waals surface area (Å²) in [5.41, 5.74) is 4.07. The van der Waals surface area contributed by atoms with Crippen LogP contribution in [0.25, 0.3) is 0 Å². The number of hydrogen-bond acceptors (Lipinski definition) is 4. The van der Waals surface area contributed by atoms with Gasteiger partial charge in [0.15, 0.2) is 0 Å². The van der Waals surface area contributed by atoms with Crippen molar-refractivity contribution in [2.24, 2.45) is 0 Å². The summed E-state index contributed by atoms with van der Waals surface area (Å²) >= 11 is 1.90. The number of pyridine rings is 1. The fraction of sp³-hybridized carbons (Fsp3) is 0.250. The van der Waals surface area contributed by atoms with Crippen molar-refractivity contribution in [2.75, 3.05) is 17.6 Å². The molecule has 1 aromatic carbocycles. The Labute approximate surface area is 124 Å². The van der Waals surface area contributed by atoms with Crippen LogP contribution in [0.2, 0.25) is 0 Å². The van der Waals surface area contributed by atoms with Crippen molar-refractivity contribution in [3.8, 4) is 6.07 Å². The van der Waals surface area contributed by atoms with E-state index in [0.29, 0.717) is 5.69 Å². The summed E-state index contributed by atoms with van der Waals surface area (Å²) < 4.78 is 0. The molecule has 2 aromatic rings. The van der Waals surface area contributed by atoms with Gasteiger partial charge in [0.2, 0.25) is 0 Å². The second-order valence-corrected chi connectivity index (χ2v) is 5.61. The molecule has 0 aliphatic heterocycles. The van der Waals surface area contributed by atoms with E-state index in [-0.39, 0.29) is 0 Å². The number of nitrogens with zero attached hydrogens (tertiary/aromatic N) is 2. The van der Waals surface area contributed by atoms with E-state index in [1.807, 2.05) is 23.9 Å². The number of benzene rings is 1. The van der Waals surface area contributed by atoms with Gasteiger partial charge < -0.3 is 5.32 Å². The summed E-state index contributed by atoms with van der Waals surface area (Å²) in [4.78, 5) is 4.02. The van der Waals surface area contributed by atoms with Gasteiger partial charge in [-0.05, 0) is 24.6 Å². The minimum atomic E-state index is 0.448. The van der Waals surface area contributed by atoms with E-state index in [4.69, 9.17) is 5.26 Å². The SMILES string of the molecule is Cc1ccc(CSCCNc2ccc(C#N)nc2)cc1. The zero-order valence-electron chi connectivity index (χ0n) is 11.5. The molecule has 2 rings (SSSR count). The molecule has 0 unspecified atom stereocenters. The van der Waals surface area contributed by atoms with E-state index in [0.717, 1.165) is 23.7 Å². The van der Waals surface area contributed by atoms with Crippen LogP contribution in [-0.2, 0) is 5.75 Å². The number of thioether (sulfide) groups is 1. The largest absolute Gasteiger partial charge is 0.383 e. The molecule has 1 aromatic heterocycles. The highest BCUT2D eigenvalue weighted by Crippen LogP contribution is 2.13. The van der Waals surface area contributed by atoms with E-state index < -0.39 is 0 Å². The van der Waals surface area contributed by atoms with Crippen molar-refractivity contribution in [3.63, 3.8) is 0 Å². The van der Waals surface area contributed by atoms with Crippen LogP contribution in [0.4, 0.5) is 5.69 Å². The van der Waals surface area contributed by atoms with Crippen molar-refractivity contribution in [1.29, 1.82) is 5.26 Å². The van der Waals surface area contributed by atoms with Crippen LogP contribution in [0.1, 0.15) is 16.8 Å². The summed E-state index contributed by atoms with van der Waals surface area (Å²) in [5, 5.41) is 12.0. The standard InChI is InChI=1S/C16H17N3S/c1-13-2-4-14(5-3-13)12-20-9-8-18-16-7-6-15(10-17)19-11-16/h2-7,11,18H,8-9,12H2,1H3. The molecule has 0 saturated carbocycles. The molecule has 0 saturated heterocycles. The molecule has 0 bridgehead atoms. The molecule has 0 radical (unpaired) electrons. The molecule has 20 heavy (non-hydrogen) atoms. The number of hydrogen-bond donors (Lipinski definition) is 1. The maximum atomic E-state index is 8.66. The van der Waals surface area contributed by atoms with Crippen LogP contribution in [0, 0.1) is 18.3 Å². The van der Waals surface area contributed by atoms with Gasteiger partial charge in [0, 0.05) is 18.1 Å². The second-order valence-electron chi connectivity index (χ2n) is 4.51. The molecule has 4 heteroatoms. The first-order chi connectivity index (χ1) is 9.78. The first-order valence-corrected chi connectivity index (χ1v) is 7.67. The molecule has 0 aliphatic rings. The Morgan fingerprint density at radius 1 is 1.20 bits per heavy atom. The molecular formula is C16H17N3S. The number of anilines is 1. The van der Waals surface area contributed by atoms with E-state index in [1.165, 1.54) is 11.1 Å². The average molecular weight is 283 g/mol. The molecule has 1 N–H and O–H groups in total. The highest BCUT2D eigenvalue weighted by atomic mass is 32.2. The number of aromatic nitrogens is 1. The predicted molar refractivity (Wildman–Crippen MR) is 84.8 cm³/mol. The number of aryl methyl sites for hydroxylation is 1. The van der Waals surface area contributed by atoms with Crippen molar-refractivity contribution in [1.82, 2.24) is 4.98 Å². The zero-order valence-corrected chi connectivity index (χ0v) is 12.3. The van der Waals surface area contributed by atoms with Gasteiger partial charge in [0.1, 0.15) is 11.8 Å². The highest BCUT2D eigenvalue weighted by Gasteiger charge is 1.96. The molecule has 0 atom stereocenters. The summed E-state index contributed by atoms with van der Waals surface area (Å²) in [6.45, 7) is 3.00. The lowest BCUT2D eigenvalue weighted by molar-refractivity contribution is 1.19. The van der Waals surface area contributed by atoms with Gasteiger partial charge in [-0.15, -0.1) is 0 Å². The first-order valence-electron chi connectivity index (χ1n) is 6.51. The fourth-order valence-corrected chi connectivity index (χ4v) is 2.53. The van der Waals surface area contributed by atoms with Crippen LogP contribution in [-0.4, -0.2) is 17.3 Å². The summed E-state index contributed by atoms with van der Waals surface area (Å²) in [5.74, 6) is 2.07. The van der Waals surface area contributed by atoms with Gasteiger partial charge in [0.25, 0.3) is 0 Å². The Bertz CT molecular complexity index is 570. The van der Waals surface area contributed by atoms with Crippen LogP contribution < -0.4 is 5.32 Å². The van der Waals surface area contributed by atoms with Crippen LogP contribution in [0.15, 0.2) is 42.6 Å². The molecule has 0 spiro atoms. The fourth-order valence-electron chi connectivity index (χ4n) is 1.71. The van der Waals surface area contributed by atoms with Crippen molar-refractivity contribution >= 4 is 17.4 Å². The summed E-state index contributed by atoms with van der Waals surface area (Å²) in [6.07, 6.45) is 1.70. The van der Waals surface area contributed by atoms with Crippen molar-refractivity contribution < 1.29 is 0 Å². The van der Waals surface area contributed by atoms with Gasteiger partial charge in [-0.25, -0.2) is 4.98 Å². The second kappa shape index (κ2) is 7.56. The lowest BCUT2D eigenvalue weighted by atomic mass is 10.2. The predicted octanol–water partition coefficient (Wildman–Crippen LogP) is 3.61. The molecule has 102 valence electrons. The third kappa shape index (κ3) is 4.60. The van der Waals surface area contributed by atoms with E-state index >= 15 is 0 Å². The van der Waals surface area contributed by atoms with E-state index in [2.05, 4.69) is 41.5 Å². The quantitative estimate of drug-likeness (QED) is 0.823. The summed E-state index contributed by atoms with van der Waals surface area (Å²) in [7, 11) is 0. The minimum Gasteiger partial charge on any atom is -0.383 e.